The van der Waals surface area contributed by atoms with Crippen LogP contribution in [0, 0.1) is 0 Å². The molecule has 1 N–H and O–H groups in total. The van der Waals surface area contributed by atoms with Gasteiger partial charge in [-0.1, -0.05) is 12.1 Å². The summed E-state index contributed by atoms with van der Waals surface area (Å²) in [4.78, 5) is 21.3. The van der Waals surface area contributed by atoms with Gasteiger partial charge in [0.25, 0.3) is 5.91 Å². The number of fused-ring (bicyclic) bond motifs is 2. The first-order valence-corrected chi connectivity index (χ1v) is 6.91. The number of rotatable bonds is 1. The maximum atomic E-state index is 12.2. The SMILES string of the molecule is CC(C)(C)NC(=O)c1ccc2nc3ccccc3nc2c1. The second kappa shape index (κ2) is 4.81. The third-order valence-corrected chi connectivity index (χ3v) is 3.09. The molecule has 0 unspecified atom stereocenters. The van der Waals surface area contributed by atoms with E-state index in [9.17, 15) is 4.79 Å². The number of hydrogen-bond acceptors (Lipinski definition) is 3. The fraction of sp³-hybridized carbons (Fsp3) is 0.235. The first-order valence-electron chi connectivity index (χ1n) is 6.91. The molecule has 106 valence electrons. The lowest BCUT2D eigenvalue weighted by molar-refractivity contribution is 0.0919. The number of benzene rings is 2. The van der Waals surface area contributed by atoms with Crippen LogP contribution in [-0.4, -0.2) is 21.4 Å². The van der Waals surface area contributed by atoms with E-state index in [0.29, 0.717) is 5.56 Å². The van der Waals surface area contributed by atoms with Gasteiger partial charge in [-0.3, -0.25) is 4.79 Å². The van der Waals surface area contributed by atoms with Gasteiger partial charge in [0.2, 0.25) is 0 Å². The summed E-state index contributed by atoms with van der Waals surface area (Å²) in [5.74, 6) is -0.0978. The molecule has 0 aliphatic rings. The van der Waals surface area contributed by atoms with Gasteiger partial charge in [0.15, 0.2) is 0 Å². The summed E-state index contributed by atoms with van der Waals surface area (Å²) >= 11 is 0. The third kappa shape index (κ3) is 2.84. The van der Waals surface area contributed by atoms with E-state index in [-0.39, 0.29) is 11.4 Å². The van der Waals surface area contributed by atoms with Crippen LogP contribution in [-0.2, 0) is 0 Å². The Morgan fingerprint density at radius 3 is 2.10 bits per heavy atom. The molecule has 3 aromatic rings. The summed E-state index contributed by atoms with van der Waals surface area (Å²) in [6, 6.07) is 13.1. The summed E-state index contributed by atoms with van der Waals surface area (Å²) in [6.07, 6.45) is 0. The Hall–Kier alpha value is -2.49. The van der Waals surface area contributed by atoms with Gasteiger partial charge >= 0.3 is 0 Å². The van der Waals surface area contributed by atoms with Crippen molar-refractivity contribution in [1.82, 2.24) is 15.3 Å². The highest BCUT2D eigenvalue weighted by molar-refractivity contribution is 5.98. The van der Waals surface area contributed by atoms with Gasteiger partial charge in [0.1, 0.15) is 0 Å². The van der Waals surface area contributed by atoms with Crippen molar-refractivity contribution in [2.75, 3.05) is 0 Å². The van der Waals surface area contributed by atoms with Crippen LogP contribution in [0.2, 0.25) is 0 Å². The van der Waals surface area contributed by atoms with Crippen molar-refractivity contribution < 1.29 is 4.79 Å². The van der Waals surface area contributed by atoms with E-state index >= 15 is 0 Å². The van der Waals surface area contributed by atoms with E-state index in [2.05, 4.69) is 15.3 Å². The van der Waals surface area contributed by atoms with Crippen LogP contribution in [0.15, 0.2) is 42.5 Å². The van der Waals surface area contributed by atoms with Gasteiger partial charge in [0.05, 0.1) is 22.1 Å². The van der Waals surface area contributed by atoms with Gasteiger partial charge in [-0.05, 0) is 51.1 Å². The minimum Gasteiger partial charge on any atom is -0.347 e. The van der Waals surface area contributed by atoms with Crippen molar-refractivity contribution in [3.05, 3.63) is 48.0 Å². The van der Waals surface area contributed by atoms with Crippen molar-refractivity contribution in [3.8, 4) is 0 Å². The van der Waals surface area contributed by atoms with Crippen LogP contribution < -0.4 is 5.32 Å². The van der Waals surface area contributed by atoms with E-state index in [4.69, 9.17) is 0 Å². The van der Waals surface area contributed by atoms with E-state index in [0.717, 1.165) is 22.1 Å². The molecule has 0 bridgehead atoms. The number of hydrogen-bond donors (Lipinski definition) is 1. The number of carbonyl (C=O) groups is 1. The second-order valence-corrected chi connectivity index (χ2v) is 6.12. The molecule has 3 rings (SSSR count). The molecule has 0 saturated heterocycles. The minimum atomic E-state index is -0.263. The lowest BCUT2D eigenvalue weighted by Gasteiger charge is -2.20. The fourth-order valence-electron chi connectivity index (χ4n) is 2.17. The van der Waals surface area contributed by atoms with E-state index in [1.807, 2.05) is 51.1 Å². The zero-order valence-corrected chi connectivity index (χ0v) is 12.3. The molecule has 4 nitrogen and oxygen atoms in total. The normalized spacial score (nSPS) is 11.8. The topological polar surface area (TPSA) is 54.9 Å². The quantitative estimate of drug-likeness (QED) is 0.695. The van der Waals surface area contributed by atoms with Crippen molar-refractivity contribution >= 4 is 28.0 Å². The number of aromatic nitrogens is 2. The Morgan fingerprint density at radius 2 is 1.48 bits per heavy atom. The molecular formula is C17H17N3O. The highest BCUT2D eigenvalue weighted by atomic mass is 16.1. The zero-order valence-electron chi connectivity index (χ0n) is 12.3. The summed E-state index contributed by atoms with van der Waals surface area (Å²) in [5, 5.41) is 2.95. The highest BCUT2D eigenvalue weighted by Gasteiger charge is 2.15. The Morgan fingerprint density at radius 1 is 0.905 bits per heavy atom. The summed E-state index contributed by atoms with van der Waals surface area (Å²) in [5.41, 5.74) is 3.55. The lowest BCUT2D eigenvalue weighted by Crippen LogP contribution is -2.40. The Kier molecular flexibility index (Phi) is 3.09. The predicted molar refractivity (Wildman–Crippen MR) is 84.3 cm³/mol. The van der Waals surface area contributed by atoms with Gasteiger partial charge in [-0.15, -0.1) is 0 Å². The van der Waals surface area contributed by atoms with E-state index in [1.54, 1.807) is 12.1 Å². The average Bonchev–Trinajstić information content (AvgIpc) is 2.42. The lowest BCUT2D eigenvalue weighted by atomic mass is 10.1. The molecule has 0 aliphatic heterocycles. The zero-order chi connectivity index (χ0) is 15.0. The first kappa shape index (κ1) is 13.5. The second-order valence-electron chi connectivity index (χ2n) is 6.12. The van der Waals surface area contributed by atoms with Gasteiger partial charge in [-0.25, -0.2) is 9.97 Å². The molecular weight excluding hydrogens is 262 g/mol. The monoisotopic (exact) mass is 279 g/mol. The van der Waals surface area contributed by atoms with Crippen LogP contribution in [0.4, 0.5) is 0 Å². The molecule has 1 heterocycles. The summed E-state index contributed by atoms with van der Waals surface area (Å²) in [6.45, 7) is 5.87. The van der Waals surface area contributed by atoms with Crippen molar-refractivity contribution in [1.29, 1.82) is 0 Å². The largest absolute Gasteiger partial charge is 0.347 e. The van der Waals surface area contributed by atoms with Gasteiger partial charge < -0.3 is 5.32 Å². The third-order valence-electron chi connectivity index (χ3n) is 3.09. The maximum Gasteiger partial charge on any atom is 0.251 e. The molecule has 0 atom stereocenters. The molecule has 0 spiro atoms. The number of para-hydroxylation sites is 2. The van der Waals surface area contributed by atoms with Crippen LogP contribution >= 0.6 is 0 Å². The Bertz CT molecular complexity index is 834. The predicted octanol–water partition coefficient (Wildman–Crippen LogP) is 3.31. The average molecular weight is 279 g/mol. The summed E-state index contributed by atoms with van der Waals surface area (Å²) in [7, 11) is 0. The molecule has 2 aromatic carbocycles. The van der Waals surface area contributed by atoms with Crippen molar-refractivity contribution in [3.63, 3.8) is 0 Å². The fourth-order valence-corrected chi connectivity index (χ4v) is 2.17. The summed E-state index contributed by atoms with van der Waals surface area (Å²) < 4.78 is 0. The minimum absolute atomic E-state index is 0.0978. The van der Waals surface area contributed by atoms with Crippen LogP contribution in [0.5, 0.6) is 0 Å². The van der Waals surface area contributed by atoms with Crippen molar-refractivity contribution in [2.24, 2.45) is 0 Å². The van der Waals surface area contributed by atoms with E-state index in [1.165, 1.54) is 0 Å². The number of nitrogens with zero attached hydrogens (tertiary/aromatic N) is 2. The van der Waals surface area contributed by atoms with Gasteiger partial charge in [-0.2, -0.15) is 0 Å². The maximum absolute atomic E-state index is 12.2. The molecule has 0 saturated carbocycles. The Labute approximate surface area is 123 Å². The highest BCUT2D eigenvalue weighted by Crippen LogP contribution is 2.17. The van der Waals surface area contributed by atoms with Crippen LogP contribution in [0.25, 0.3) is 22.1 Å². The standard InChI is InChI=1S/C17H17N3O/c1-17(2,3)20-16(21)11-8-9-14-15(10-11)19-13-7-5-4-6-12(13)18-14/h4-10H,1-3H3,(H,20,21). The molecule has 21 heavy (non-hydrogen) atoms. The molecule has 0 radical (unpaired) electrons. The smallest absolute Gasteiger partial charge is 0.251 e. The van der Waals surface area contributed by atoms with Crippen molar-refractivity contribution in [2.45, 2.75) is 26.3 Å². The number of nitrogens with one attached hydrogen (secondary N) is 1. The Balaban J connectivity index is 2.07. The first-order chi connectivity index (χ1) is 9.92. The number of carbonyl (C=O) groups excluding carboxylic acids is 1. The molecule has 0 fully saturated rings. The molecule has 1 amide bonds. The molecule has 0 aliphatic carbocycles. The van der Waals surface area contributed by atoms with Gasteiger partial charge in [0, 0.05) is 11.1 Å². The molecule has 4 heteroatoms. The molecule has 1 aromatic heterocycles. The van der Waals surface area contributed by atoms with Crippen LogP contribution in [0.1, 0.15) is 31.1 Å². The van der Waals surface area contributed by atoms with Crippen LogP contribution in [0.3, 0.4) is 0 Å². The van der Waals surface area contributed by atoms with E-state index < -0.39 is 0 Å². The number of amides is 1.